The third-order valence-corrected chi connectivity index (χ3v) is 5.49. The van der Waals surface area contributed by atoms with Crippen LogP contribution in [0.4, 0.5) is 0 Å². The van der Waals surface area contributed by atoms with E-state index in [1.54, 1.807) is 24.0 Å². The first-order chi connectivity index (χ1) is 13.3. The number of aromatic nitrogens is 2. The minimum atomic E-state index is 0.351. The third kappa shape index (κ3) is 3.68. The van der Waals surface area contributed by atoms with E-state index in [9.17, 15) is 0 Å². The van der Waals surface area contributed by atoms with Crippen LogP contribution in [0.5, 0.6) is 5.95 Å². The van der Waals surface area contributed by atoms with Gasteiger partial charge in [-0.25, -0.2) is 4.98 Å². The highest BCUT2D eigenvalue weighted by atomic mass is 32.2. The first kappa shape index (κ1) is 17.6. The Labute approximate surface area is 161 Å². The van der Waals surface area contributed by atoms with Crippen LogP contribution in [0.15, 0.2) is 58.4 Å². The van der Waals surface area contributed by atoms with Crippen molar-refractivity contribution in [3.8, 4) is 5.95 Å². The summed E-state index contributed by atoms with van der Waals surface area (Å²) in [4.78, 5) is 16.2. The summed E-state index contributed by atoms with van der Waals surface area (Å²) in [5, 5.41) is 4.15. The Hall–Kier alpha value is -2.80. The van der Waals surface area contributed by atoms with E-state index in [2.05, 4.69) is 40.8 Å². The molecule has 4 rings (SSSR count). The second-order valence-electron chi connectivity index (χ2n) is 6.10. The van der Waals surface area contributed by atoms with Gasteiger partial charge in [0.2, 0.25) is 5.89 Å². The molecule has 6 nitrogen and oxygen atoms in total. The summed E-state index contributed by atoms with van der Waals surface area (Å²) in [7, 11) is 0. The molecule has 2 aromatic heterocycles. The highest BCUT2D eigenvalue weighted by molar-refractivity contribution is 8.16. The summed E-state index contributed by atoms with van der Waals surface area (Å²) in [6.07, 6.45) is 8.95. The summed E-state index contributed by atoms with van der Waals surface area (Å²) in [5.41, 5.74) is 3.63. The number of allylic oxidation sites excluding steroid dienone is 2. The normalized spacial score (nSPS) is 18.0. The molecule has 7 heteroatoms. The Bertz CT molecular complexity index is 945. The molecule has 2 aliphatic rings. The van der Waals surface area contributed by atoms with Gasteiger partial charge in [-0.3, -0.25) is 4.98 Å². The van der Waals surface area contributed by atoms with Crippen molar-refractivity contribution >= 4 is 27.3 Å². The molecule has 4 heterocycles. The fourth-order valence-corrected chi connectivity index (χ4v) is 3.85. The SMILES string of the molecule is C=CCO/N=C1\CCOc2oc(C3=C(C)CC=C(c4cccnc4)S3)nc21. The summed E-state index contributed by atoms with van der Waals surface area (Å²) >= 11 is 1.64. The molecular formula is C20H19N3O3S. The van der Waals surface area contributed by atoms with Crippen LogP contribution in [0, 0.1) is 0 Å². The summed E-state index contributed by atoms with van der Waals surface area (Å²) < 4.78 is 11.6. The maximum atomic E-state index is 5.93. The summed E-state index contributed by atoms with van der Waals surface area (Å²) in [6.45, 7) is 6.55. The van der Waals surface area contributed by atoms with Crippen LogP contribution in [-0.4, -0.2) is 28.9 Å². The molecule has 0 aliphatic carbocycles. The molecule has 0 bridgehead atoms. The van der Waals surface area contributed by atoms with Gasteiger partial charge in [-0.15, -0.1) is 0 Å². The van der Waals surface area contributed by atoms with E-state index < -0.39 is 0 Å². The van der Waals surface area contributed by atoms with Crippen molar-refractivity contribution in [2.24, 2.45) is 5.16 Å². The Morgan fingerprint density at radius 1 is 1.44 bits per heavy atom. The molecule has 0 atom stereocenters. The van der Waals surface area contributed by atoms with Crippen molar-refractivity contribution in [3.63, 3.8) is 0 Å². The molecule has 0 fully saturated rings. The molecule has 0 saturated carbocycles. The molecule has 2 aromatic rings. The van der Waals surface area contributed by atoms with Crippen molar-refractivity contribution in [2.75, 3.05) is 13.2 Å². The van der Waals surface area contributed by atoms with Crippen molar-refractivity contribution < 1.29 is 14.0 Å². The lowest BCUT2D eigenvalue weighted by atomic mass is 10.1. The topological polar surface area (TPSA) is 69.7 Å². The molecule has 27 heavy (non-hydrogen) atoms. The smallest absolute Gasteiger partial charge is 0.315 e. The zero-order valence-electron chi connectivity index (χ0n) is 15.0. The monoisotopic (exact) mass is 381 g/mol. The van der Waals surface area contributed by atoms with Gasteiger partial charge < -0.3 is 14.0 Å². The summed E-state index contributed by atoms with van der Waals surface area (Å²) in [6, 6.07) is 3.99. The Morgan fingerprint density at radius 3 is 3.19 bits per heavy atom. The summed E-state index contributed by atoms with van der Waals surface area (Å²) in [5.74, 6) is 0.950. The van der Waals surface area contributed by atoms with Gasteiger partial charge in [0.05, 0.1) is 11.5 Å². The van der Waals surface area contributed by atoms with Gasteiger partial charge in [-0.1, -0.05) is 47.3 Å². The average Bonchev–Trinajstić information content (AvgIpc) is 3.14. The number of oxazole rings is 1. The van der Waals surface area contributed by atoms with Crippen LogP contribution >= 0.6 is 11.8 Å². The van der Waals surface area contributed by atoms with E-state index in [1.807, 2.05) is 12.3 Å². The molecule has 0 aromatic carbocycles. The van der Waals surface area contributed by atoms with Crippen LogP contribution in [-0.2, 0) is 4.84 Å². The first-order valence-electron chi connectivity index (χ1n) is 8.68. The Balaban J connectivity index is 1.62. The number of pyridine rings is 1. The van der Waals surface area contributed by atoms with Crippen molar-refractivity contribution in [2.45, 2.75) is 19.8 Å². The van der Waals surface area contributed by atoms with E-state index in [-0.39, 0.29) is 0 Å². The van der Waals surface area contributed by atoms with Crippen molar-refractivity contribution in [1.82, 2.24) is 9.97 Å². The predicted octanol–water partition coefficient (Wildman–Crippen LogP) is 4.67. The number of hydrogen-bond donors (Lipinski definition) is 0. The van der Waals surface area contributed by atoms with E-state index >= 15 is 0 Å². The highest BCUT2D eigenvalue weighted by Crippen LogP contribution is 2.46. The maximum absolute atomic E-state index is 5.93. The van der Waals surface area contributed by atoms with Crippen LogP contribution in [0.3, 0.4) is 0 Å². The van der Waals surface area contributed by atoms with Gasteiger partial charge in [0.15, 0.2) is 5.69 Å². The zero-order valence-corrected chi connectivity index (χ0v) is 15.8. The van der Waals surface area contributed by atoms with Crippen LogP contribution in [0.2, 0.25) is 0 Å². The maximum Gasteiger partial charge on any atom is 0.315 e. The number of rotatable bonds is 5. The number of fused-ring (bicyclic) bond motifs is 1. The Kier molecular flexibility index (Phi) is 5.11. The number of hydrogen-bond acceptors (Lipinski definition) is 7. The molecule has 0 unspecified atom stereocenters. The van der Waals surface area contributed by atoms with Crippen LogP contribution in [0.1, 0.15) is 36.9 Å². The number of thioether (sulfide) groups is 1. The van der Waals surface area contributed by atoms with Crippen LogP contribution in [0.25, 0.3) is 9.81 Å². The fraction of sp³-hybridized carbons (Fsp3) is 0.250. The number of ether oxygens (including phenoxy) is 1. The molecule has 0 amide bonds. The van der Waals surface area contributed by atoms with Crippen LogP contribution < -0.4 is 4.74 Å². The second-order valence-corrected chi connectivity index (χ2v) is 7.15. The van der Waals surface area contributed by atoms with Gasteiger partial charge in [0, 0.05) is 29.3 Å². The average molecular weight is 381 g/mol. The van der Waals surface area contributed by atoms with Gasteiger partial charge in [0.25, 0.3) is 0 Å². The third-order valence-electron chi connectivity index (χ3n) is 4.14. The quantitative estimate of drug-likeness (QED) is 0.426. The lowest BCUT2D eigenvalue weighted by Gasteiger charge is -2.16. The predicted molar refractivity (Wildman–Crippen MR) is 106 cm³/mol. The van der Waals surface area contributed by atoms with Crippen molar-refractivity contribution in [3.05, 3.63) is 66.0 Å². The zero-order chi connectivity index (χ0) is 18.6. The van der Waals surface area contributed by atoms with E-state index in [1.165, 1.54) is 5.57 Å². The lowest BCUT2D eigenvalue weighted by molar-refractivity contribution is 0.171. The van der Waals surface area contributed by atoms with Gasteiger partial charge in [-0.2, -0.15) is 0 Å². The fourth-order valence-electron chi connectivity index (χ4n) is 2.79. The molecule has 0 N–H and O–H groups in total. The molecule has 138 valence electrons. The van der Waals surface area contributed by atoms with Gasteiger partial charge in [-0.05, 0) is 19.4 Å². The van der Waals surface area contributed by atoms with E-state index in [0.29, 0.717) is 37.2 Å². The van der Waals surface area contributed by atoms with E-state index in [0.717, 1.165) is 27.5 Å². The lowest BCUT2D eigenvalue weighted by Crippen LogP contribution is -2.16. The number of nitrogens with zero attached hydrogens (tertiary/aromatic N) is 3. The first-order valence-corrected chi connectivity index (χ1v) is 9.50. The van der Waals surface area contributed by atoms with Gasteiger partial charge in [0.1, 0.15) is 12.3 Å². The second kappa shape index (κ2) is 7.84. The highest BCUT2D eigenvalue weighted by Gasteiger charge is 2.28. The molecule has 0 spiro atoms. The minimum absolute atomic E-state index is 0.351. The minimum Gasteiger partial charge on any atom is -0.463 e. The number of oxime groups is 1. The molecule has 0 saturated heterocycles. The molecule has 0 radical (unpaired) electrons. The largest absolute Gasteiger partial charge is 0.463 e. The standard InChI is InChI=1S/C20H19N3O3S/c1-3-10-25-23-15-8-11-24-20-17(15)22-19(26-20)18-13(2)6-7-16(27-18)14-5-4-9-21-12-14/h3-5,7,9,12H,1,6,8,10-11H2,2H3/b23-15+. The Morgan fingerprint density at radius 2 is 2.37 bits per heavy atom. The van der Waals surface area contributed by atoms with E-state index in [4.69, 9.17) is 14.0 Å². The van der Waals surface area contributed by atoms with Crippen molar-refractivity contribution in [1.29, 1.82) is 0 Å². The van der Waals surface area contributed by atoms with Gasteiger partial charge >= 0.3 is 5.95 Å². The molecule has 2 aliphatic heterocycles. The molecular weight excluding hydrogens is 362 g/mol.